The van der Waals surface area contributed by atoms with Gasteiger partial charge in [0.1, 0.15) is 5.69 Å². The molecule has 0 aliphatic heterocycles. The van der Waals surface area contributed by atoms with E-state index in [4.69, 9.17) is 0 Å². The van der Waals surface area contributed by atoms with Crippen LogP contribution in [0.25, 0.3) is 10.9 Å². The highest BCUT2D eigenvalue weighted by molar-refractivity contribution is 9.10. The minimum Gasteiger partial charge on any atom is -0.275 e. The smallest absolute Gasteiger partial charge is 0.275 e. The average molecular weight is 292 g/mol. The Hall–Kier alpha value is -1.57. The molecule has 0 saturated carbocycles. The first-order chi connectivity index (χ1) is 7.50. The first kappa shape index (κ1) is 10.9. The molecule has 1 N–H and O–H groups in total. The van der Waals surface area contributed by atoms with Crippen LogP contribution in [0.15, 0.2) is 16.6 Å². The van der Waals surface area contributed by atoms with Crippen LogP contribution in [0.3, 0.4) is 0 Å². The highest BCUT2D eigenvalue weighted by atomic mass is 79.9. The monoisotopic (exact) mass is 291 g/mol. The number of nitro groups is 1. The van der Waals surface area contributed by atoms with Crippen LogP contribution in [-0.4, -0.2) is 15.1 Å². The minimum atomic E-state index is -2.75. The quantitative estimate of drug-likeness (QED) is 0.682. The lowest BCUT2D eigenvalue weighted by Gasteiger charge is -1.97. The van der Waals surface area contributed by atoms with Crippen LogP contribution in [0.5, 0.6) is 0 Å². The Balaban J connectivity index is 2.81. The van der Waals surface area contributed by atoms with Gasteiger partial charge in [-0.05, 0) is 6.07 Å². The second kappa shape index (κ2) is 3.78. The molecule has 0 amide bonds. The van der Waals surface area contributed by atoms with E-state index in [1.807, 2.05) is 0 Å². The van der Waals surface area contributed by atoms with Crippen molar-refractivity contribution in [2.45, 2.75) is 6.43 Å². The van der Waals surface area contributed by atoms with E-state index in [2.05, 4.69) is 26.1 Å². The number of H-pyrrole nitrogens is 1. The number of alkyl halides is 2. The summed E-state index contributed by atoms with van der Waals surface area (Å²) in [5, 5.41) is 16.4. The summed E-state index contributed by atoms with van der Waals surface area (Å²) >= 11 is 3.03. The lowest BCUT2D eigenvalue weighted by Crippen LogP contribution is -1.90. The van der Waals surface area contributed by atoms with E-state index in [0.29, 0.717) is 4.47 Å². The van der Waals surface area contributed by atoms with Crippen molar-refractivity contribution in [3.8, 4) is 0 Å². The fourth-order valence-electron chi connectivity index (χ4n) is 1.39. The summed E-state index contributed by atoms with van der Waals surface area (Å²) in [4.78, 5) is 10.0. The van der Waals surface area contributed by atoms with Crippen molar-refractivity contribution in [2.75, 3.05) is 0 Å². The molecule has 8 heteroatoms. The van der Waals surface area contributed by atoms with Gasteiger partial charge in [-0.1, -0.05) is 15.9 Å². The Bertz CT molecular complexity index is 570. The van der Waals surface area contributed by atoms with E-state index in [1.165, 1.54) is 12.1 Å². The SMILES string of the molecule is O=[N+]([O-])c1cc(Br)cc2c(C(F)F)[nH]nc12. The average Bonchev–Trinajstić information content (AvgIpc) is 2.59. The summed E-state index contributed by atoms with van der Waals surface area (Å²) in [5.41, 5.74) is -0.796. The lowest BCUT2D eigenvalue weighted by molar-refractivity contribution is -0.383. The second-order valence-corrected chi connectivity index (χ2v) is 3.93. The van der Waals surface area contributed by atoms with Gasteiger partial charge in [-0.3, -0.25) is 15.2 Å². The van der Waals surface area contributed by atoms with Crippen molar-refractivity contribution >= 4 is 32.5 Å². The predicted octanol–water partition coefficient (Wildman–Crippen LogP) is 3.17. The number of fused-ring (bicyclic) bond motifs is 1. The lowest BCUT2D eigenvalue weighted by atomic mass is 10.2. The highest BCUT2D eigenvalue weighted by Crippen LogP contribution is 2.33. The summed E-state index contributed by atoms with van der Waals surface area (Å²) in [6, 6.07) is 2.59. The molecule has 16 heavy (non-hydrogen) atoms. The Kier molecular flexibility index (Phi) is 2.58. The molecular formula is C8H4BrF2N3O2. The van der Waals surface area contributed by atoms with Crippen molar-refractivity contribution in [3.05, 3.63) is 32.4 Å². The summed E-state index contributed by atoms with van der Waals surface area (Å²) in [6.45, 7) is 0. The number of aromatic nitrogens is 2. The Morgan fingerprint density at radius 3 is 2.75 bits per heavy atom. The zero-order valence-electron chi connectivity index (χ0n) is 7.58. The van der Waals surface area contributed by atoms with Crippen LogP contribution >= 0.6 is 15.9 Å². The minimum absolute atomic E-state index is 0.0519. The zero-order chi connectivity index (χ0) is 11.9. The predicted molar refractivity (Wildman–Crippen MR) is 55.4 cm³/mol. The van der Waals surface area contributed by atoms with Crippen molar-refractivity contribution in [3.63, 3.8) is 0 Å². The van der Waals surface area contributed by atoms with Gasteiger partial charge in [0, 0.05) is 15.9 Å². The highest BCUT2D eigenvalue weighted by Gasteiger charge is 2.22. The van der Waals surface area contributed by atoms with E-state index in [9.17, 15) is 18.9 Å². The molecular weight excluding hydrogens is 288 g/mol. The van der Waals surface area contributed by atoms with Gasteiger partial charge in [0.15, 0.2) is 5.52 Å². The van der Waals surface area contributed by atoms with Gasteiger partial charge in [-0.15, -0.1) is 0 Å². The number of halogens is 3. The Morgan fingerprint density at radius 1 is 1.50 bits per heavy atom. The fraction of sp³-hybridized carbons (Fsp3) is 0.125. The maximum absolute atomic E-state index is 12.5. The van der Waals surface area contributed by atoms with E-state index in [1.54, 1.807) is 0 Å². The molecule has 0 bridgehead atoms. The van der Waals surface area contributed by atoms with Gasteiger partial charge in [-0.2, -0.15) is 5.10 Å². The number of non-ortho nitro benzene ring substituents is 1. The van der Waals surface area contributed by atoms with Crippen LogP contribution < -0.4 is 0 Å². The summed E-state index contributed by atoms with van der Waals surface area (Å²) < 4.78 is 25.4. The van der Waals surface area contributed by atoms with Crippen LogP contribution in [0.1, 0.15) is 12.1 Å². The molecule has 0 aliphatic rings. The largest absolute Gasteiger partial charge is 0.298 e. The van der Waals surface area contributed by atoms with Gasteiger partial charge in [0.05, 0.1) is 4.92 Å². The van der Waals surface area contributed by atoms with Gasteiger partial charge < -0.3 is 0 Å². The maximum atomic E-state index is 12.5. The molecule has 2 aromatic rings. The zero-order valence-corrected chi connectivity index (χ0v) is 9.16. The molecule has 1 heterocycles. The summed E-state index contributed by atoms with van der Waals surface area (Å²) in [6.07, 6.45) is -2.75. The number of rotatable bonds is 2. The number of hydrogen-bond donors (Lipinski definition) is 1. The molecule has 0 spiro atoms. The Labute approximate surface area is 95.7 Å². The van der Waals surface area contributed by atoms with Crippen LogP contribution in [0.2, 0.25) is 0 Å². The second-order valence-electron chi connectivity index (χ2n) is 3.02. The van der Waals surface area contributed by atoms with E-state index in [0.717, 1.165) is 0 Å². The molecule has 1 aromatic heterocycles. The molecule has 2 rings (SSSR count). The first-order valence-electron chi connectivity index (χ1n) is 4.10. The number of nitrogens with zero attached hydrogens (tertiary/aromatic N) is 2. The molecule has 0 fully saturated rings. The van der Waals surface area contributed by atoms with Crippen molar-refractivity contribution in [1.82, 2.24) is 10.2 Å². The summed E-state index contributed by atoms with van der Waals surface area (Å²) in [7, 11) is 0. The van der Waals surface area contributed by atoms with E-state index < -0.39 is 17.0 Å². The first-order valence-corrected chi connectivity index (χ1v) is 4.90. The van der Waals surface area contributed by atoms with Gasteiger partial charge in [0.25, 0.3) is 12.1 Å². The van der Waals surface area contributed by atoms with Crippen LogP contribution in [0, 0.1) is 10.1 Å². The van der Waals surface area contributed by atoms with Gasteiger partial charge in [0.2, 0.25) is 0 Å². The molecule has 1 aromatic carbocycles. The molecule has 84 valence electrons. The molecule has 0 atom stereocenters. The van der Waals surface area contributed by atoms with Gasteiger partial charge in [-0.25, -0.2) is 8.78 Å². The molecule has 0 radical (unpaired) electrons. The summed E-state index contributed by atoms with van der Waals surface area (Å²) in [5.74, 6) is 0. The molecule has 0 aliphatic carbocycles. The standard InChI is InChI=1S/C8H4BrF2N3O2/c9-3-1-4-6(5(2-3)14(15)16)12-13-7(4)8(10)11/h1-2,8H,(H,12,13). The van der Waals surface area contributed by atoms with E-state index >= 15 is 0 Å². The third-order valence-electron chi connectivity index (χ3n) is 2.05. The van der Waals surface area contributed by atoms with Crippen molar-refractivity contribution in [2.24, 2.45) is 0 Å². The third-order valence-corrected chi connectivity index (χ3v) is 2.51. The topological polar surface area (TPSA) is 71.8 Å². The molecule has 0 unspecified atom stereocenters. The van der Waals surface area contributed by atoms with Crippen molar-refractivity contribution < 1.29 is 13.7 Å². The molecule has 0 saturated heterocycles. The number of aromatic amines is 1. The number of nitro benzene ring substituents is 1. The van der Waals surface area contributed by atoms with E-state index in [-0.39, 0.29) is 16.6 Å². The van der Waals surface area contributed by atoms with Crippen LogP contribution in [0.4, 0.5) is 14.5 Å². The number of nitrogens with one attached hydrogen (secondary N) is 1. The number of hydrogen-bond acceptors (Lipinski definition) is 3. The van der Waals surface area contributed by atoms with Crippen molar-refractivity contribution in [1.29, 1.82) is 0 Å². The fourth-order valence-corrected chi connectivity index (χ4v) is 1.84. The van der Waals surface area contributed by atoms with Crippen LogP contribution in [-0.2, 0) is 0 Å². The number of benzene rings is 1. The molecule has 5 nitrogen and oxygen atoms in total. The Morgan fingerprint density at radius 2 is 2.19 bits per heavy atom. The third kappa shape index (κ3) is 1.64. The van der Waals surface area contributed by atoms with Gasteiger partial charge >= 0.3 is 0 Å². The maximum Gasteiger partial charge on any atom is 0.298 e. The normalized spacial score (nSPS) is 11.2.